The highest BCUT2D eigenvalue weighted by molar-refractivity contribution is 7.18. The molecule has 2 aromatic carbocycles. The number of aliphatic hydroxyl groups is 1. The van der Waals surface area contributed by atoms with Gasteiger partial charge in [0.1, 0.15) is 11.5 Å². The van der Waals surface area contributed by atoms with Gasteiger partial charge in [0.25, 0.3) is 0 Å². The van der Waals surface area contributed by atoms with E-state index in [1.54, 1.807) is 0 Å². The van der Waals surface area contributed by atoms with Crippen molar-refractivity contribution in [1.82, 2.24) is 15.0 Å². The maximum absolute atomic E-state index is 15.5. The fourth-order valence-corrected chi connectivity index (χ4v) is 5.42. The first-order valence-electron chi connectivity index (χ1n) is 11.9. The van der Waals surface area contributed by atoms with Gasteiger partial charge in [0.15, 0.2) is 0 Å². The van der Waals surface area contributed by atoms with E-state index in [-0.39, 0.29) is 24.1 Å². The summed E-state index contributed by atoms with van der Waals surface area (Å²) in [5.74, 6) is -4.25. The minimum absolute atomic E-state index is 0.00617. The molecule has 12 heteroatoms. The Kier molecular flexibility index (Phi) is 7.03. The summed E-state index contributed by atoms with van der Waals surface area (Å²) >= 11 is 1.03. The molecule has 38 heavy (non-hydrogen) atoms. The Hall–Kier alpha value is -3.25. The number of nitrogens with zero attached hydrogens (tertiary/aromatic N) is 3. The monoisotopic (exact) mass is 552 g/mol. The van der Waals surface area contributed by atoms with Gasteiger partial charge < -0.3 is 10.4 Å². The summed E-state index contributed by atoms with van der Waals surface area (Å²) in [7, 11) is 0. The number of nitrogens with one attached hydrogen (secondary N) is 1. The minimum atomic E-state index is -4.50. The summed E-state index contributed by atoms with van der Waals surface area (Å²) in [6.45, 7) is 0. The van der Waals surface area contributed by atoms with Gasteiger partial charge in [-0.1, -0.05) is 0 Å². The van der Waals surface area contributed by atoms with Gasteiger partial charge in [-0.25, -0.2) is 19.3 Å². The zero-order valence-electron chi connectivity index (χ0n) is 19.8. The number of rotatable bonds is 6. The van der Waals surface area contributed by atoms with Crippen molar-refractivity contribution in [3.05, 3.63) is 81.9 Å². The molecule has 1 fully saturated rings. The Labute approximate surface area is 217 Å². The first-order valence-corrected chi connectivity index (χ1v) is 12.7. The number of aromatic nitrogens is 3. The summed E-state index contributed by atoms with van der Waals surface area (Å²) in [6.07, 6.45) is -2.58. The second-order valence-electron chi connectivity index (χ2n) is 9.26. The fourth-order valence-electron chi connectivity index (χ4n) is 4.40. The second-order valence-corrected chi connectivity index (χ2v) is 10.4. The Morgan fingerprint density at radius 2 is 1.55 bits per heavy atom. The molecule has 0 bridgehead atoms. The molecule has 1 aliphatic rings. The molecule has 4 aromatic rings. The number of halogens is 6. The molecule has 2 aromatic heterocycles. The van der Waals surface area contributed by atoms with E-state index in [9.17, 15) is 22.7 Å². The predicted molar refractivity (Wildman–Crippen MR) is 131 cm³/mol. The number of hydrogen-bond acceptors (Lipinski definition) is 6. The number of aliphatic hydroxyl groups excluding tert-OH is 1. The second kappa shape index (κ2) is 10.1. The molecule has 2 heterocycles. The average molecular weight is 553 g/mol. The highest BCUT2D eigenvalue weighted by atomic mass is 32.1. The van der Waals surface area contributed by atoms with Gasteiger partial charge in [0, 0.05) is 18.0 Å². The highest BCUT2D eigenvalue weighted by Crippen LogP contribution is 2.37. The summed E-state index contributed by atoms with van der Waals surface area (Å²) < 4.78 is 83.9. The van der Waals surface area contributed by atoms with Crippen molar-refractivity contribution in [2.24, 2.45) is 0 Å². The molecule has 0 unspecified atom stereocenters. The summed E-state index contributed by atoms with van der Waals surface area (Å²) in [5, 5.41) is 13.3. The highest BCUT2D eigenvalue weighted by Gasteiger charge is 2.37. The predicted octanol–water partition coefficient (Wildman–Crippen LogP) is 6.69. The van der Waals surface area contributed by atoms with E-state index >= 15 is 8.78 Å². The Morgan fingerprint density at radius 3 is 2.24 bits per heavy atom. The van der Waals surface area contributed by atoms with Crippen LogP contribution in [0.4, 0.5) is 32.3 Å². The van der Waals surface area contributed by atoms with Crippen molar-refractivity contribution < 1.29 is 31.4 Å². The molecule has 1 saturated carbocycles. The molecule has 0 saturated heterocycles. The average Bonchev–Trinajstić information content (AvgIpc) is 3.26. The van der Waals surface area contributed by atoms with Crippen LogP contribution >= 0.6 is 11.3 Å². The van der Waals surface area contributed by atoms with Crippen LogP contribution in [-0.2, 0) is 18.5 Å². The third-order valence-electron chi connectivity index (χ3n) is 6.43. The molecule has 0 amide bonds. The van der Waals surface area contributed by atoms with Crippen LogP contribution in [0, 0.1) is 5.82 Å². The lowest BCUT2D eigenvalue weighted by atomic mass is 9.93. The van der Waals surface area contributed by atoms with Crippen LogP contribution in [0.25, 0.3) is 10.2 Å². The lowest BCUT2D eigenvalue weighted by molar-refractivity contribution is -0.137. The largest absolute Gasteiger partial charge is 0.416 e. The first-order chi connectivity index (χ1) is 18.0. The number of thiazole rings is 1. The van der Waals surface area contributed by atoms with Gasteiger partial charge in [-0.15, -0.1) is 11.3 Å². The van der Waals surface area contributed by atoms with Gasteiger partial charge in [0.2, 0.25) is 5.95 Å². The summed E-state index contributed by atoms with van der Waals surface area (Å²) in [4.78, 5) is 12.8. The summed E-state index contributed by atoms with van der Waals surface area (Å²) in [6, 6.07) is 8.09. The molecule has 0 spiro atoms. The smallest absolute Gasteiger partial charge is 0.393 e. The van der Waals surface area contributed by atoms with Gasteiger partial charge in [-0.05, 0) is 74.2 Å². The fraction of sp³-hybridized carbons (Fsp3) is 0.346. The number of benzene rings is 2. The van der Waals surface area contributed by atoms with Crippen molar-refractivity contribution >= 4 is 27.5 Å². The van der Waals surface area contributed by atoms with Crippen molar-refractivity contribution in [2.45, 2.75) is 56.3 Å². The van der Waals surface area contributed by atoms with Crippen LogP contribution in [-0.4, -0.2) is 32.2 Å². The van der Waals surface area contributed by atoms with Crippen LogP contribution in [0.5, 0.6) is 0 Å². The normalized spacial score (nSPS) is 18.6. The Bertz CT molecular complexity index is 1430. The molecule has 5 rings (SSSR count). The molecule has 2 N–H and O–H groups in total. The minimum Gasteiger partial charge on any atom is -0.393 e. The van der Waals surface area contributed by atoms with Gasteiger partial charge >= 0.3 is 12.1 Å². The van der Waals surface area contributed by atoms with Crippen molar-refractivity contribution in [3.63, 3.8) is 0 Å². The molecule has 5 nitrogen and oxygen atoms in total. The van der Waals surface area contributed by atoms with Gasteiger partial charge in [0.05, 0.1) is 32.6 Å². The maximum atomic E-state index is 15.5. The molecular weight excluding hydrogens is 530 g/mol. The van der Waals surface area contributed by atoms with E-state index in [1.165, 1.54) is 6.07 Å². The lowest BCUT2D eigenvalue weighted by Crippen LogP contribution is -2.29. The zero-order valence-corrected chi connectivity index (χ0v) is 20.6. The van der Waals surface area contributed by atoms with E-state index in [4.69, 9.17) is 0 Å². The molecule has 0 atom stereocenters. The molecule has 0 radical (unpaired) electrons. The number of alkyl halides is 5. The third-order valence-corrected chi connectivity index (χ3v) is 7.45. The van der Waals surface area contributed by atoms with E-state index in [0.29, 0.717) is 40.9 Å². The lowest BCUT2D eigenvalue weighted by Gasteiger charge is -2.26. The van der Waals surface area contributed by atoms with E-state index in [2.05, 4.69) is 20.3 Å². The SMILES string of the molecule is OC1CCC(Nc2nc(Cc3nc4ccc(C(F)(F)F)cc4s3)cc(C(F)(F)c3ccc(F)cc3)n2)CC1. The van der Waals surface area contributed by atoms with Crippen LogP contribution in [0.2, 0.25) is 0 Å². The van der Waals surface area contributed by atoms with Crippen molar-refractivity contribution in [1.29, 1.82) is 0 Å². The maximum Gasteiger partial charge on any atom is 0.416 e. The van der Waals surface area contributed by atoms with Crippen LogP contribution in [0.15, 0.2) is 48.5 Å². The first kappa shape index (κ1) is 26.4. The van der Waals surface area contributed by atoms with Gasteiger partial charge in [-0.3, -0.25) is 0 Å². The van der Waals surface area contributed by atoms with Crippen molar-refractivity contribution in [2.75, 3.05) is 5.32 Å². The topological polar surface area (TPSA) is 70.9 Å². The van der Waals surface area contributed by atoms with Crippen molar-refractivity contribution in [3.8, 4) is 0 Å². The number of fused-ring (bicyclic) bond motifs is 1. The standard InChI is InChI=1S/C26H22F6N4OS/c27-16-4-1-14(2-5-16)25(28,29)22-12-18(34-24(36-22)33-17-6-8-19(37)9-7-17)13-23-35-20-10-3-15(26(30,31)32)11-21(20)38-23/h1-5,10-12,17,19,37H,6-9,13H2,(H,33,34,36). The van der Waals surface area contributed by atoms with E-state index < -0.39 is 40.8 Å². The third kappa shape index (κ3) is 5.75. The zero-order chi connectivity index (χ0) is 27.1. The molecule has 1 aliphatic carbocycles. The molecule has 0 aliphatic heterocycles. The number of anilines is 1. The van der Waals surface area contributed by atoms with E-state index in [1.807, 2.05) is 0 Å². The number of hydrogen-bond donors (Lipinski definition) is 2. The van der Waals surface area contributed by atoms with Crippen LogP contribution < -0.4 is 5.32 Å². The van der Waals surface area contributed by atoms with Crippen LogP contribution in [0.3, 0.4) is 0 Å². The van der Waals surface area contributed by atoms with Crippen LogP contribution in [0.1, 0.15) is 53.2 Å². The summed E-state index contributed by atoms with van der Waals surface area (Å²) in [5.41, 5.74) is -1.29. The van der Waals surface area contributed by atoms with Gasteiger partial charge in [-0.2, -0.15) is 22.0 Å². The van der Waals surface area contributed by atoms with E-state index in [0.717, 1.165) is 53.8 Å². The Balaban J connectivity index is 1.49. The molecule has 200 valence electrons. The quantitative estimate of drug-likeness (QED) is 0.261. The molecular formula is C26H22F6N4OS. The Morgan fingerprint density at radius 1 is 0.868 bits per heavy atom.